The summed E-state index contributed by atoms with van der Waals surface area (Å²) in [6.45, 7) is 10.6. The third kappa shape index (κ3) is 3.36. The molecule has 0 aliphatic heterocycles. The Morgan fingerprint density at radius 2 is 2.27 bits per heavy atom. The minimum atomic E-state index is 0.554. The molecular formula is C15H19-. The third-order valence-electron chi connectivity index (χ3n) is 2.49. The van der Waals surface area contributed by atoms with E-state index in [1.165, 1.54) is 11.1 Å². The van der Waals surface area contributed by atoms with Crippen LogP contribution in [-0.2, 0) is 0 Å². The molecule has 0 heterocycles. The normalized spacial score (nSPS) is 16.4. The molecule has 0 amide bonds. The van der Waals surface area contributed by atoms with Crippen LogP contribution in [0, 0.1) is 24.2 Å². The fourth-order valence-corrected chi connectivity index (χ4v) is 1.72. The monoisotopic (exact) mass is 199 g/mol. The standard InChI is InChI=1S/C15H19/c1-5-14-11-13(4)9-7-6-8-10-15(14)12(2)3/h8,10-12H,4-6H2,1-3H3/q-1. The predicted octanol–water partition coefficient (Wildman–Crippen LogP) is 4.07. The summed E-state index contributed by atoms with van der Waals surface area (Å²) in [6, 6.07) is 0. The van der Waals surface area contributed by atoms with Crippen molar-refractivity contribution in [2.24, 2.45) is 5.92 Å². The zero-order chi connectivity index (χ0) is 11.3. The predicted molar refractivity (Wildman–Crippen MR) is 67.1 cm³/mol. The number of hydrogen-bond acceptors (Lipinski definition) is 0. The largest absolute Gasteiger partial charge is 0.224 e. The molecule has 0 aromatic carbocycles. The zero-order valence-corrected chi connectivity index (χ0v) is 9.93. The van der Waals surface area contributed by atoms with Crippen LogP contribution in [0.25, 0.3) is 0 Å². The van der Waals surface area contributed by atoms with Crippen molar-refractivity contribution in [2.75, 3.05) is 0 Å². The summed E-state index contributed by atoms with van der Waals surface area (Å²) in [5, 5.41) is 0. The van der Waals surface area contributed by atoms with Gasteiger partial charge in [-0.2, -0.15) is 5.57 Å². The first-order chi connectivity index (χ1) is 7.15. The molecule has 0 atom stereocenters. The minimum absolute atomic E-state index is 0.554. The van der Waals surface area contributed by atoms with E-state index in [-0.39, 0.29) is 0 Å². The molecule has 0 nitrogen and oxygen atoms in total. The van der Waals surface area contributed by atoms with Crippen LogP contribution in [0.2, 0.25) is 0 Å². The Kier molecular flexibility index (Phi) is 4.31. The van der Waals surface area contributed by atoms with E-state index in [0.717, 1.165) is 18.4 Å². The Balaban J connectivity index is 3.08. The summed E-state index contributed by atoms with van der Waals surface area (Å²) in [7, 11) is 0. The maximum atomic E-state index is 3.96. The highest BCUT2D eigenvalue weighted by Crippen LogP contribution is 2.24. The first-order valence-electron chi connectivity index (χ1n) is 5.57. The lowest BCUT2D eigenvalue weighted by atomic mass is 9.91. The Morgan fingerprint density at radius 3 is 2.87 bits per heavy atom. The van der Waals surface area contributed by atoms with Gasteiger partial charge in [0.25, 0.3) is 0 Å². The molecule has 0 heteroatoms. The first-order valence-corrected chi connectivity index (χ1v) is 5.57. The molecule has 0 bridgehead atoms. The van der Waals surface area contributed by atoms with E-state index in [1.807, 2.05) is 0 Å². The smallest absolute Gasteiger partial charge is 0.0160 e. The fourth-order valence-electron chi connectivity index (χ4n) is 1.72. The van der Waals surface area contributed by atoms with Crippen molar-refractivity contribution in [2.45, 2.75) is 33.6 Å². The van der Waals surface area contributed by atoms with Crippen LogP contribution in [0.15, 0.2) is 35.5 Å². The van der Waals surface area contributed by atoms with E-state index in [1.54, 1.807) is 0 Å². The van der Waals surface area contributed by atoms with Gasteiger partial charge in [-0.3, -0.25) is 0 Å². The summed E-state index contributed by atoms with van der Waals surface area (Å²) in [5.74, 6) is 6.70. The van der Waals surface area contributed by atoms with Crippen molar-refractivity contribution < 1.29 is 0 Å². The Hall–Kier alpha value is -1.35. The van der Waals surface area contributed by atoms with Gasteiger partial charge in [0, 0.05) is 5.57 Å². The van der Waals surface area contributed by atoms with Gasteiger partial charge in [0.15, 0.2) is 0 Å². The summed E-state index contributed by atoms with van der Waals surface area (Å²) < 4.78 is 0. The van der Waals surface area contributed by atoms with Crippen molar-refractivity contribution in [3.05, 3.63) is 41.9 Å². The minimum Gasteiger partial charge on any atom is -0.224 e. The van der Waals surface area contributed by atoms with Crippen molar-refractivity contribution in [1.29, 1.82) is 0 Å². The van der Waals surface area contributed by atoms with Gasteiger partial charge >= 0.3 is 0 Å². The lowest BCUT2D eigenvalue weighted by Crippen LogP contribution is -1.98. The van der Waals surface area contributed by atoms with Gasteiger partial charge in [-0.15, -0.1) is 11.5 Å². The topological polar surface area (TPSA) is 0 Å². The van der Waals surface area contributed by atoms with Crippen LogP contribution in [-0.4, -0.2) is 0 Å². The molecule has 1 aliphatic carbocycles. The quantitative estimate of drug-likeness (QED) is 0.464. The third-order valence-corrected chi connectivity index (χ3v) is 2.49. The van der Waals surface area contributed by atoms with Gasteiger partial charge in [0.2, 0.25) is 0 Å². The second-order valence-corrected chi connectivity index (χ2v) is 4.07. The molecule has 0 aromatic rings. The first kappa shape index (κ1) is 11.7. The molecule has 0 radical (unpaired) electrons. The fraction of sp³-hybridized carbons (Fsp3) is 0.400. The Morgan fingerprint density at radius 1 is 1.53 bits per heavy atom. The summed E-state index contributed by atoms with van der Waals surface area (Å²) in [4.78, 5) is 0. The van der Waals surface area contributed by atoms with Crippen LogP contribution in [0.3, 0.4) is 0 Å². The summed E-state index contributed by atoms with van der Waals surface area (Å²) in [6.07, 6.45) is 8.34. The molecule has 1 aliphatic rings. The second kappa shape index (κ2) is 5.51. The maximum Gasteiger partial charge on any atom is 0.0160 e. The van der Waals surface area contributed by atoms with Crippen LogP contribution < -0.4 is 0 Å². The molecule has 0 fully saturated rings. The van der Waals surface area contributed by atoms with Crippen LogP contribution >= 0.6 is 0 Å². The van der Waals surface area contributed by atoms with E-state index < -0.39 is 0 Å². The van der Waals surface area contributed by atoms with Crippen LogP contribution in [0.5, 0.6) is 0 Å². The highest BCUT2D eigenvalue weighted by Gasteiger charge is 2.00. The van der Waals surface area contributed by atoms with Crippen LogP contribution in [0.1, 0.15) is 33.6 Å². The molecule has 0 aromatic heterocycles. The average molecular weight is 199 g/mol. The number of allylic oxidation sites excluding steroid dienone is 5. The van der Waals surface area contributed by atoms with E-state index >= 15 is 0 Å². The van der Waals surface area contributed by atoms with Crippen LogP contribution in [0.4, 0.5) is 0 Å². The molecule has 0 saturated heterocycles. The highest BCUT2D eigenvalue weighted by molar-refractivity contribution is 5.46. The zero-order valence-electron chi connectivity index (χ0n) is 9.93. The van der Waals surface area contributed by atoms with Crippen molar-refractivity contribution in [3.63, 3.8) is 0 Å². The van der Waals surface area contributed by atoms with Gasteiger partial charge in [0.1, 0.15) is 0 Å². The van der Waals surface area contributed by atoms with Gasteiger partial charge < -0.3 is 0 Å². The van der Waals surface area contributed by atoms with Gasteiger partial charge in [-0.1, -0.05) is 45.3 Å². The maximum absolute atomic E-state index is 3.96. The van der Waals surface area contributed by atoms with E-state index in [0.29, 0.717) is 5.92 Å². The lowest BCUT2D eigenvalue weighted by Gasteiger charge is -2.23. The number of hydrogen-bond donors (Lipinski definition) is 0. The highest BCUT2D eigenvalue weighted by atomic mass is 14.1. The SMILES string of the molecule is C=C1C#CC[CH-]C=C(C(C)C)C(CC)=C1. The molecule has 0 unspecified atom stereocenters. The van der Waals surface area contributed by atoms with E-state index in [2.05, 4.69) is 57.8 Å². The molecule has 0 saturated carbocycles. The Bertz CT molecular complexity index is 353. The molecule has 15 heavy (non-hydrogen) atoms. The summed E-state index contributed by atoms with van der Waals surface area (Å²) in [5.41, 5.74) is 3.69. The van der Waals surface area contributed by atoms with Crippen molar-refractivity contribution in [1.82, 2.24) is 0 Å². The molecule has 1 rings (SSSR count). The second-order valence-electron chi connectivity index (χ2n) is 4.07. The van der Waals surface area contributed by atoms with Crippen molar-refractivity contribution in [3.8, 4) is 11.8 Å². The lowest BCUT2D eigenvalue weighted by molar-refractivity contribution is 0.765. The van der Waals surface area contributed by atoms with Crippen molar-refractivity contribution >= 4 is 0 Å². The molecule has 0 spiro atoms. The summed E-state index contributed by atoms with van der Waals surface area (Å²) >= 11 is 0. The molecule has 0 N–H and O–H groups in total. The van der Waals surface area contributed by atoms with E-state index in [4.69, 9.17) is 0 Å². The molecular weight excluding hydrogens is 180 g/mol. The average Bonchev–Trinajstić information content (AvgIpc) is 2.27. The number of rotatable bonds is 2. The Labute approximate surface area is 93.8 Å². The van der Waals surface area contributed by atoms with Gasteiger partial charge in [0.05, 0.1) is 0 Å². The molecule has 80 valence electrons. The van der Waals surface area contributed by atoms with Gasteiger partial charge in [-0.05, 0) is 12.8 Å². The van der Waals surface area contributed by atoms with E-state index in [9.17, 15) is 0 Å². The van der Waals surface area contributed by atoms with Gasteiger partial charge in [-0.25, -0.2) is 12.5 Å².